The predicted octanol–water partition coefficient (Wildman–Crippen LogP) is 5.76. The van der Waals surface area contributed by atoms with Gasteiger partial charge in [-0.15, -0.1) is 0 Å². The SMILES string of the molecule is C=C(C)Oc1ccc(-c2ccc(C(=O)Oc3ccc(C(=O)OCCOC(=O)C(=C)C)cc3)cc2)cc1. The Hall–Kier alpha value is -4.65. The highest BCUT2D eigenvalue weighted by Gasteiger charge is 2.12. The van der Waals surface area contributed by atoms with Gasteiger partial charge in [0.05, 0.1) is 16.9 Å². The lowest BCUT2D eigenvalue weighted by atomic mass is 10.0. The van der Waals surface area contributed by atoms with E-state index in [-0.39, 0.29) is 30.1 Å². The van der Waals surface area contributed by atoms with Gasteiger partial charge < -0.3 is 18.9 Å². The molecular formula is C29H26O7. The predicted molar refractivity (Wildman–Crippen MR) is 135 cm³/mol. The molecule has 0 aliphatic heterocycles. The summed E-state index contributed by atoms with van der Waals surface area (Å²) < 4.78 is 20.8. The van der Waals surface area contributed by atoms with E-state index in [0.717, 1.165) is 11.1 Å². The number of benzene rings is 3. The van der Waals surface area contributed by atoms with Crippen molar-refractivity contribution in [3.05, 3.63) is 108 Å². The third-order valence-electron chi connectivity index (χ3n) is 4.80. The van der Waals surface area contributed by atoms with E-state index < -0.39 is 17.9 Å². The first-order chi connectivity index (χ1) is 17.2. The van der Waals surface area contributed by atoms with Crippen molar-refractivity contribution in [3.63, 3.8) is 0 Å². The van der Waals surface area contributed by atoms with E-state index in [1.807, 2.05) is 36.4 Å². The molecule has 36 heavy (non-hydrogen) atoms. The van der Waals surface area contributed by atoms with Crippen LogP contribution in [0, 0.1) is 0 Å². The number of carbonyl (C=O) groups is 3. The average molecular weight is 487 g/mol. The third-order valence-corrected chi connectivity index (χ3v) is 4.80. The van der Waals surface area contributed by atoms with Crippen molar-refractivity contribution in [3.8, 4) is 22.6 Å². The highest BCUT2D eigenvalue weighted by Crippen LogP contribution is 2.24. The Morgan fingerprint density at radius 1 is 0.611 bits per heavy atom. The number of carbonyl (C=O) groups excluding carboxylic acids is 3. The molecule has 184 valence electrons. The fourth-order valence-corrected chi connectivity index (χ4v) is 3.02. The first-order valence-electron chi connectivity index (χ1n) is 11.1. The molecule has 0 radical (unpaired) electrons. The zero-order chi connectivity index (χ0) is 26.1. The molecule has 0 atom stereocenters. The van der Waals surface area contributed by atoms with E-state index >= 15 is 0 Å². The van der Waals surface area contributed by atoms with Gasteiger partial charge in [-0.3, -0.25) is 0 Å². The van der Waals surface area contributed by atoms with Gasteiger partial charge in [0.15, 0.2) is 0 Å². The first kappa shape index (κ1) is 26.0. The highest BCUT2D eigenvalue weighted by molar-refractivity contribution is 5.92. The van der Waals surface area contributed by atoms with Crippen molar-refractivity contribution in [1.82, 2.24) is 0 Å². The van der Waals surface area contributed by atoms with Crippen LogP contribution in [0.4, 0.5) is 0 Å². The van der Waals surface area contributed by atoms with Crippen molar-refractivity contribution in [1.29, 1.82) is 0 Å². The second kappa shape index (κ2) is 12.2. The molecular weight excluding hydrogens is 460 g/mol. The Bertz CT molecular complexity index is 1250. The van der Waals surface area contributed by atoms with Crippen molar-refractivity contribution < 1.29 is 33.3 Å². The van der Waals surface area contributed by atoms with Gasteiger partial charge in [-0.05, 0) is 73.5 Å². The van der Waals surface area contributed by atoms with Gasteiger partial charge in [0.25, 0.3) is 0 Å². The number of ether oxygens (including phenoxy) is 4. The van der Waals surface area contributed by atoms with Gasteiger partial charge in [-0.25, -0.2) is 14.4 Å². The zero-order valence-electron chi connectivity index (χ0n) is 20.1. The van der Waals surface area contributed by atoms with E-state index in [2.05, 4.69) is 13.2 Å². The van der Waals surface area contributed by atoms with Gasteiger partial charge in [-0.2, -0.15) is 0 Å². The maximum atomic E-state index is 12.5. The second-order valence-corrected chi connectivity index (χ2v) is 7.87. The van der Waals surface area contributed by atoms with Crippen molar-refractivity contribution in [2.75, 3.05) is 13.2 Å². The number of hydrogen-bond acceptors (Lipinski definition) is 7. The van der Waals surface area contributed by atoms with Crippen molar-refractivity contribution in [2.45, 2.75) is 13.8 Å². The first-order valence-corrected chi connectivity index (χ1v) is 11.1. The fourth-order valence-electron chi connectivity index (χ4n) is 3.02. The number of hydrogen-bond donors (Lipinski definition) is 0. The molecule has 0 aliphatic carbocycles. The van der Waals surface area contributed by atoms with E-state index in [1.54, 1.807) is 19.1 Å². The minimum absolute atomic E-state index is 0.0688. The monoisotopic (exact) mass is 486 g/mol. The molecule has 0 saturated carbocycles. The summed E-state index contributed by atoms with van der Waals surface area (Å²) in [5.41, 5.74) is 2.83. The van der Waals surface area contributed by atoms with Crippen LogP contribution in [0.5, 0.6) is 11.5 Å². The standard InChI is InChI=1S/C29H26O7/c1-19(2)27(30)33-17-18-34-28(31)23-11-15-26(16-12-23)36-29(32)24-7-5-21(6-8-24)22-9-13-25(14-10-22)35-20(3)4/h5-16H,1,3,17-18H2,2,4H3. The van der Waals surface area contributed by atoms with E-state index in [0.29, 0.717) is 17.1 Å². The lowest BCUT2D eigenvalue weighted by Gasteiger charge is -2.08. The molecule has 0 amide bonds. The molecule has 0 saturated heterocycles. The lowest BCUT2D eigenvalue weighted by Crippen LogP contribution is -2.14. The molecule has 3 rings (SSSR count). The normalized spacial score (nSPS) is 10.2. The van der Waals surface area contributed by atoms with Gasteiger partial charge in [0.1, 0.15) is 24.7 Å². The van der Waals surface area contributed by atoms with E-state index in [9.17, 15) is 14.4 Å². The highest BCUT2D eigenvalue weighted by atomic mass is 16.6. The molecule has 0 N–H and O–H groups in total. The molecule has 0 spiro atoms. The Balaban J connectivity index is 1.52. The maximum absolute atomic E-state index is 12.5. The summed E-state index contributed by atoms with van der Waals surface area (Å²) in [6, 6.07) is 20.5. The molecule has 7 nitrogen and oxygen atoms in total. The topological polar surface area (TPSA) is 88.1 Å². The maximum Gasteiger partial charge on any atom is 0.343 e. The van der Waals surface area contributed by atoms with Crippen LogP contribution in [0.15, 0.2) is 97.3 Å². The van der Waals surface area contributed by atoms with Crippen LogP contribution in [0.3, 0.4) is 0 Å². The van der Waals surface area contributed by atoms with Gasteiger partial charge >= 0.3 is 17.9 Å². The van der Waals surface area contributed by atoms with Gasteiger partial charge in [-0.1, -0.05) is 37.4 Å². The Morgan fingerprint density at radius 2 is 1.06 bits per heavy atom. The summed E-state index contributed by atoms with van der Waals surface area (Å²) in [6.07, 6.45) is 0. The lowest BCUT2D eigenvalue weighted by molar-refractivity contribution is -0.140. The molecule has 3 aromatic carbocycles. The van der Waals surface area contributed by atoms with E-state index in [4.69, 9.17) is 18.9 Å². The molecule has 3 aromatic rings. The van der Waals surface area contributed by atoms with Gasteiger partial charge in [0, 0.05) is 5.57 Å². The Labute approximate surface area is 209 Å². The van der Waals surface area contributed by atoms with Crippen LogP contribution in [-0.2, 0) is 14.3 Å². The number of esters is 3. The third kappa shape index (κ3) is 7.43. The van der Waals surface area contributed by atoms with Crippen LogP contribution < -0.4 is 9.47 Å². The smallest absolute Gasteiger partial charge is 0.343 e. The minimum Gasteiger partial charge on any atom is -0.463 e. The van der Waals surface area contributed by atoms with Crippen LogP contribution in [0.2, 0.25) is 0 Å². The van der Waals surface area contributed by atoms with Crippen LogP contribution >= 0.6 is 0 Å². The quantitative estimate of drug-likeness (QED) is 0.118. The molecule has 0 unspecified atom stereocenters. The Kier molecular flexibility index (Phi) is 8.78. The van der Waals surface area contributed by atoms with Crippen LogP contribution in [-0.4, -0.2) is 31.1 Å². The molecule has 0 bridgehead atoms. The Morgan fingerprint density at radius 3 is 1.61 bits per heavy atom. The van der Waals surface area contributed by atoms with E-state index in [1.165, 1.54) is 31.2 Å². The van der Waals surface area contributed by atoms with Gasteiger partial charge in [0.2, 0.25) is 0 Å². The molecule has 0 aromatic heterocycles. The number of rotatable bonds is 10. The minimum atomic E-state index is -0.589. The summed E-state index contributed by atoms with van der Waals surface area (Å²) >= 11 is 0. The molecule has 0 fully saturated rings. The zero-order valence-corrected chi connectivity index (χ0v) is 20.1. The largest absolute Gasteiger partial charge is 0.463 e. The molecule has 0 heterocycles. The van der Waals surface area contributed by atoms with Crippen LogP contribution in [0.1, 0.15) is 34.6 Å². The second-order valence-electron chi connectivity index (χ2n) is 7.87. The summed E-state index contributed by atoms with van der Waals surface area (Å²) in [7, 11) is 0. The molecule has 0 aliphatic rings. The summed E-state index contributed by atoms with van der Waals surface area (Å²) in [5.74, 6) is -0.0664. The average Bonchev–Trinajstić information content (AvgIpc) is 2.87. The molecule has 7 heteroatoms. The number of allylic oxidation sites excluding steroid dienone is 1. The summed E-state index contributed by atoms with van der Waals surface area (Å²) in [4.78, 5) is 35.9. The fraction of sp³-hybridized carbons (Fsp3) is 0.138. The van der Waals surface area contributed by atoms with Crippen molar-refractivity contribution in [2.24, 2.45) is 0 Å². The van der Waals surface area contributed by atoms with Crippen molar-refractivity contribution >= 4 is 17.9 Å². The summed E-state index contributed by atoms with van der Waals surface area (Å²) in [6.45, 7) is 10.3. The summed E-state index contributed by atoms with van der Waals surface area (Å²) in [5, 5.41) is 0. The van der Waals surface area contributed by atoms with Crippen LogP contribution in [0.25, 0.3) is 11.1 Å².